The summed E-state index contributed by atoms with van der Waals surface area (Å²) in [6.45, 7) is 9.92. The Morgan fingerprint density at radius 3 is 2.19 bits per heavy atom. The summed E-state index contributed by atoms with van der Waals surface area (Å²) in [5, 5.41) is 5.84. The molecule has 1 saturated heterocycles. The molecule has 31 heavy (non-hydrogen) atoms. The van der Waals surface area contributed by atoms with Crippen LogP contribution in [0.5, 0.6) is 0 Å². The van der Waals surface area contributed by atoms with Crippen LogP contribution in [0.3, 0.4) is 0 Å². The van der Waals surface area contributed by atoms with E-state index in [0.29, 0.717) is 19.5 Å². The van der Waals surface area contributed by atoms with E-state index in [1.165, 1.54) is 5.56 Å². The van der Waals surface area contributed by atoms with Crippen LogP contribution < -0.4 is 10.6 Å². The molecule has 1 aliphatic rings. The molecule has 2 aromatic rings. The predicted molar refractivity (Wildman–Crippen MR) is 125 cm³/mol. The van der Waals surface area contributed by atoms with E-state index in [9.17, 15) is 9.59 Å². The number of piperazine rings is 1. The van der Waals surface area contributed by atoms with Crippen molar-refractivity contribution in [3.8, 4) is 0 Å². The average Bonchev–Trinajstić information content (AvgIpc) is 2.77. The number of benzene rings is 2. The van der Waals surface area contributed by atoms with E-state index in [-0.39, 0.29) is 11.9 Å². The molecule has 0 aromatic heterocycles. The molecular weight excluding hydrogens is 388 g/mol. The fourth-order valence-corrected chi connectivity index (χ4v) is 4.05. The van der Waals surface area contributed by atoms with Gasteiger partial charge in [-0.05, 0) is 37.0 Å². The molecule has 0 aliphatic carbocycles. The predicted octanol–water partition coefficient (Wildman–Crippen LogP) is 3.94. The summed E-state index contributed by atoms with van der Waals surface area (Å²) in [6, 6.07) is 15.5. The summed E-state index contributed by atoms with van der Waals surface area (Å²) in [5.41, 5.74) is 4.10. The molecule has 1 atom stereocenters. The molecule has 6 nitrogen and oxygen atoms in total. The minimum atomic E-state index is -0.505. The number of nitrogens with one attached hydrogen (secondary N) is 2. The molecule has 0 saturated carbocycles. The first-order chi connectivity index (χ1) is 15.0. The fourth-order valence-electron chi connectivity index (χ4n) is 4.05. The monoisotopic (exact) mass is 422 g/mol. The van der Waals surface area contributed by atoms with Gasteiger partial charge >= 0.3 is 6.03 Å². The van der Waals surface area contributed by atoms with Gasteiger partial charge in [-0.2, -0.15) is 0 Å². The number of anilines is 1. The Balaban J connectivity index is 1.54. The van der Waals surface area contributed by atoms with Gasteiger partial charge < -0.3 is 15.5 Å². The lowest BCUT2D eigenvalue weighted by molar-refractivity contribution is -0.135. The number of para-hydroxylation sites is 1. The van der Waals surface area contributed by atoms with Crippen molar-refractivity contribution in [2.75, 3.05) is 31.5 Å². The number of nitrogens with zero attached hydrogens (tertiary/aromatic N) is 2. The van der Waals surface area contributed by atoms with Crippen LogP contribution in [-0.2, 0) is 11.3 Å². The molecule has 1 aliphatic heterocycles. The number of rotatable bonds is 7. The van der Waals surface area contributed by atoms with Crippen LogP contribution in [0.1, 0.15) is 36.5 Å². The molecule has 3 amide bonds. The summed E-state index contributed by atoms with van der Waals surface area (Å²) < 4.78 is 0. The highest BCUT2D eigenvalue weighted by atomic mass is 16.2. The van der Waals surface area contributed by atoms with Gasteiger partial charge in [0.25, 0.3) is 0 Å². The molecule has 0 spiro atoms. The first kappa shape index (κ1) is 22.8. The van der Waals surface area contributed by atoms with Gasteiger partial charge in [0.2, 0.25) is 5.91 Å². The van der Waals surface area contributed by atoms with Gasteiger partial charge in [0, 0.05) is 38.4 Å². The van der Waals surface area contributed by atoms with Crippen LogP contribution in [0.2, 0.25) is 0 Å². The Kier molecular flexibility index (Phi) is 8.06. The van der Waals surface area contributed by atoms with Gasteiger partial charge in [-0.3, -0.25) is 9.69 Å². The summed E-state index contributed by atoms with van der Waals surface area (Å²) in [6.07, 6.45) is 1.46. The Bertz CT molecular complexity index is 856. The van der Waals surface area contributed by atoms with E-state index in [0.717, 1.165) is 42.9 Å². The Morgan fingerprint density at radius 2 is 1.58 bits per heavy atom. The van der Waals surface area contributed by atoms with E-state index < -0.39 is 6.04 Å². The summed E-state index contributed by atoms with van der Waals surface area (Å²) in [7, 11) is 0. The number of hydrogen-bond acceptors (Lipinski definition) is 3. The van der Waals surface area contributed by atoms with Crippen molar-refractivity contribution >= 4 is 17.6 Å². The van der Waals surface area contributed by atoms with E-state index in [2.05, 4.69) is 39.8 Å². The van der Waals surface area contributed by atoms with Crippen LogP contribution in [0.25, 0.3) is 0 Å². The number of carbonyl (C=O) groups is 2. The van der Waals surface area contributed by atoms with Crippen LogP contribution in [-0.4, -0.2) is 54.0 Å². The molecule has 166 valence electrons. The molecule has 2 N–H and O–H groups in total. The van der Waals surface area contributed by atoms with Gasteiger partial charge in [0.15, 0.2) is 0 Å². The van der Waals surface area contributed by atoms with Crippen molar-refractivity contribution in [2.45, 2.75) is 46.2 Å². The summed E-state index contributed by atoms with van der Waals surface area (Å²) in [4.78, 5) is 30.0. The quantitative estimate of drug-likeness (QED) is 0.710. The van der Waals surface area contributed by atoms with E-state index in [1.54, 1.807) is 0 Å². The summed E-state index contributed by atoms with van der Waals surface area (Å²) in [5.74, 6) is 0.0119. The first-order valence-corrected chi connectivity index (χ1v) is 11.2. The number of amides is 3. The molecule has 2 aromatic carbocycles. The smallest absolute Gasteiger partial charge is 0.319 e. The maximum Gasteiger partial charge on any atom is 0.319 e. The number of aryl methyl sites for hydroxylation is 2. The van der Waals surface area contributed by atoms with E-state index in [4.69, 9.17) is 0 Å². The van der Waals surface area contributed by atoms with Crippen molar-refractivity contribution in [1.29, 1.82) is 0 Å². The van der Waals surface area contributed by atoms with Crippen molar-refractivity contribution in [1.82, 2.24) is 15.1 Å². The third kappa shape index (κ3) is 6.31. The highest BCUT2D eigenvalue weighted by Crippen LogP contribution is 2.19. The van der Waals surface area contributed by atoms with Crippen molar-refractivity contribution in [3.05, 3.63) is 65.2 Å². The maximum absolute atomic E-state index is 13.1. The first-order valence-electron chi connectivity index (χ1n) is 11.2. The second kappa shape index (κ2) is 11.0. The zero-order chi connectivity index (χ0) is 22.2. The lowest BCUT2D eigenvalue weighted by Crippen LogP contribution is -2.55. The Hall–Kier alpha value is -2.86. The maximum atomic E-state index is 13.1. The molecule has 6 heteroatoms. The van der Waals surface area contributed by atoms with Gasteiger partial charge in [0.05, 0.1) is 0 Å². The summed E-state index contributed by atoms with van der Waals surface area (Å²) >= 11 is 0. The minimum Gasteiger partial charge on any atom is -0.338 e. The van der Waals surface area contributed by atoms with Gasteiger partial charge in [-0.1, -0.05) is 61.9 Å². The average molecular weight is 423 g/mol. The second-order valence-electron chi connectivity index (χ2n) is 8.29. The third-order valence-electron chi connectivity index (χ3n) is 5.83. The molecule has 0 bridgehead atoms. The topological polar surface area (TPSA) is 64.7 Å². The molecule has 1 unspecified atom stereocenters. The highest BCUT2D eigenvalue weighted by Gasteiger charge is 2.28. The normalized spacial score (nSPS) is 15.4. The second-order valence-corrected chi connectivity index (χ2v) is 8.29. The third-order valence-corrected chi connectivity index (χ3v) is 5.83. The van der Waals surface area contributed by atoms with Crippen molar-refractivity contribution < 1.29 is 9.59 Å². The van der Waals surface area contributed by atoms with E-state index in [1.807, 2.05) is 49.9 Å². The minimum absolute atomic E-state index is 0.0119. The van der Waals surface area contributed by atoms with Crippen LogP contribution in [0.4, 0.5) is 10.5 Å². The van der Waals surface area contributed by atoms with Crippen LogP contribution >= 0.6 is 0 Å². The highest BCUT2D eigenvalue weighted by molar-refractivity contribution is 5.94. The molecule has 1 fully saturated rings. The molecule has 3 rings (SSSR count). The largest absolute Gasteiger partial charge is 0.338 e. The van der Waals surface area contributed by atoms with Gasteiger partial charge in [-0.25, -0.2) is 4.79 Å². The van der Waals surface area contributed by atoms with Gasteiger partial charge in [-0.15, -0.1) is 0 Å². The molecule has 0 radical (unpaired) electrons. The number of hydrogen-bond donors (Lipinski definition) is 2. The SMILES string of the molecule is CCCC(NC(=O)Nc1c(C)cccc1C)C(=O)N1CCN(Cc2ccccc2)CC1. The van der Waals surface area contributed by atoms with Crippen molar-refractivity contribution in [2.24, 2.45) is 0 Å². The lowest BCUT2D eigenvalue weighted by atomic mass is 10.1. The Labute approximate surface area is 185 Å². The lowest BCUT2D eigenvalue weighted by Gasteiger charge is -2.36. The van der Waals surface area contributed by atoms with Crippen LogP contribution in [0.15, 0.2) is 48.5 Å². The standard InChI is InChI=1S/C25H34N4O2/c1-4-9-22(26-25(31)27-23-19(2)10-8-11-20(23)3)24(30)29-16-14-28(15-17-29)18-21-12-6-5-7-13-21/h5-8,10-13,22H,4,9,14-18H2,1-3H3,(H2,26,27,31). The zero-order valence-electron chi connectivity index (χ0n) is 18.9. The fraction of sp³-hybridized carbons (Fsp3) is 0.440. The zero-order valence-corrected chi connectivity index (χ0v) is 18.9. The Morgan fingerprint density at radius 1 is 0.935 bits per heavy atom. The van der Waals surface area contributed by atoms with E-state index >= 15 is 0 Å². The molecule has 1 heterocycles. The number of carbonyl (C=O) groups excluding carboxylic acids is 2. The molecular formula is C25H34N4O2. The van der Waals surface area contributed by atoms with Crippen LogP contribution in [0, 0.1) is 13.8 Å². The van der Waals surface area contributed by atoms with Crippen molar-refractivity contribution in [3.63, 3.8) is 0 Å². The van der Waals surface area contributed by atoms with Gasteiger partial charge in [0.1, 0.15) is 6.04 Å². The number of urea groups is 1.